The van der Waals surface area contributed by atoms with Gasteiger partial charge in [0.05, 0.1) is 17.9 Å². The summed E-state index contributed by atoms with van der Waals surface area (Å²) in [5, 5.41) is 5.85. The first-order valence-corrected chi connectivity index (χ1v) is 8.40. The maximum Gasteiger partial charge on any atom is 0.270 e. The molecule has 0 spiro atoms. The number of nitrogens with zero attached hydrogens (tertiary/aromatic N) is 1. The van der Waals surface area contributed by atoms with Gasteiger partial charge >= 0.3 is 0 Å². The minimum Gasteiger partial charge on any atom is -0.367 e. The Kier molecular flexibility index (Phi) is 3.61. The Morgan fingerprint density at radius 1 is 1.33 bits per heavy atom. The molecule has 1 aromatic carbocycles. The smallest absolute Gasteiger partial charge is 0.270 e. The molecule has 2 aliphatic heterocycles. The molecule has 1 atom stereocenters. The zero-order valence-corrected chi connectivity index (χ0v) is 14.8. The molecule has 0 radical (unpaired) electrons. The quantitative estimate of drug-likeness (QED) is 0.663. The number of benzene rings is 1. The minimum atomic E-state index is -0.535. The second-order valence-corrected chi connectivity index (χ2v) is 6.96. The van der Waals surface area contributed by atoms with Crippen LogP contribution in [0.5, 0.6) is 0 Å². The summed E-state index contributed by atoms with van der Waals surface area (Å²) in [6, 6.07) is 4.66. The SMILES string of the molecule is Cn1[nH]c(=O)c2c1NC1=C(C(=O)COC1)C2c1ccc(F)c(I)c1. The average Bonchev–Trinajstić information content (AvgIpc) is 2.83. The molecule has 0 bridgehead atoms. The number of ether oxygens (including phenoxy) is 1. The predicted molar refractivity (Wildman–Crippen MR) is 93.5 cm³/mol. The van der Waals surface area contributed by atoms with Crippen LogP contribution in [-0.4, -0.2) is 28.8 Å². The first-order valence-electron chi connectivity index (χ1n) is 7.32. The molecular formula is C16H13FIN3O3. The van der Waals surface area contributed by atoms with E-state index in [9.17, 15) is 14.0 Å². The van der Waals surface area contributed by atoms with Crippen molar-refractivity contribution in [2.24, 2.45) is 7.05 Å². The number of Topliss-reactive ketones (excluding diaryl/α,β-unsaturated/α-hetero) is 1. The Morgan fingerprint density at radius 2 is 2.12 bits per heavy atom. The first kappa shape index (κ1) is 15.6. The largest absolute Gasteiger partial charge is 0.367 e. The number of H-pyrrole nitrogens is 1. The van der Waals surface area contributed by atoms with E-state index in [1.807, 2.05) is 22.6 Å². The highest BCUT2D eigenvalue weighted by Gasteiger charge is 2.39. The van der Waals surface area contributed by atoms with Gasteiger partial charge in [-0.1, -0.05) is 6.07 Å². The number of halogens is 2. The van der Waals surface area contributed by atoms with E-state index >= 15 is 0 Å². The van der Waals surface area contributed by atoms with E-state index in [2.05, 4.69) is 10.4 Å². The first-order chi connectivity index (χ1) is 11.5. The highest BCUT2D eigenvalue weighted by molar-refractivity contribution is 14.1. The number of carbonyl (C=O) groups excluding carboxylic acids is 1. The summed E-state index contributed by atoms with van der Waals surface area (Å²) in [5.74, 6) is -0.432. The van der Waals surface area contributed by atoms with Crippen molar-refractivity contribution in [3.8, 4) is 0 Å². The van der Waals surface area contributed by atoms with Crippen LogP contribution in [0.25, 0.3) is 0 Å². The summed E-state index contributed by atoms with van der Waals surface area (Å²) >= 11 is 1.91. The molecule has 24 heavy (non-hydrogen) atoms. The van der Waals surface area contributed by atoms with Gasteiger partial charge in [-0.05, 0) is 40.3 Å². The third-order valence-corrected chi connectivity index (χ3v) is 5.16. The van der Waals surface area contributed by atoms with E-state index in [1.54, 1.807) is 23.9 Å². The lowest BCUT2D eigenvalue weighted by Crippen LogP contribution is -2.34. The van der Waals surface area contributed by atoms with Crippen LogP contribution in [0.15, 0.2) is 34.3 Å². The van der Waals surface area contributed by atoms with Crippen molar-refractivity contribution in [3.63, 3.8) is 0 Å². The number of aryl methyl sites for hydroxylation is 1. The van der Waals surface area contributed by atoms with Crippen LogP contribution in [0.4, 0.5) is 10.2 Å². The van der Waals surface area contributed by atoms with Crippen molar-refractivity contribution in [1.82, 2.24) is 9.78 Å². The Labute approximate surface area is 149 Å². The van der Waals surface area contributed by atoms with E-state index < -0.39 is 5.92 Å². The fraction of sp³-hybridized carbons (Fsp3) is 0.250. The van der Waals surface area contributed by atoms with Gasteiger partial charge in [-0.15, -0.1) is 0 Å². The maximum absolute atomic E-state index is 13.7. The minimum absolute atomic E-state index is 0.0185. The van der Waals surface area contributed by atoms with Gasteiger partial charge in [-0.3, -0.25) is 19.4 Å². The van der Waals surface area contributed by atoms with Crippen LogP contribution < -0.4 is 10.9 Å². The molecule has 2 N–H and O–H groups in total. The lowest BCUT2D eigenvalue weighted by atomic mass is 9.80. The van der Waals surface area contributed by atoms with Gasteiger partial charge in [0, 0.05) is 22.1 Å². The molecule has 2 aromatic rings. The number of nitrogens with one attached hydrogen (secondary N) is 2. The predicted octanol–water partition coefficient (Wildman–Crippen LogP) is 1.87. The van der Waals surface area contributed by atoms with Crippen LogP contribution in [-0.2, 0) is 16.6 Å². The molecule has 6 nitrogen and oxygen atoms in total. The monoisotopic (exact) mass is 441 g/mol. The van der Waals surface area contributed by atoms with Crippen LogP contribution in [0.3, 0.4) is 0 Å². The number of carbonyl (C=O) groups is 1. The summed E-state index contributed by atoms with van der Waals surface area (Å²) in [5.41, 5.74) is 2.08. The number of rotatable bonds is 1. The van der Waals surface area contributed by atoms with E-state index in [4.69, 9.17) is 4.74 Å². The van der Waals surface area contributed by atoms with Gasteiger partial charge in [0.1, 0.15) is 18.2 Å². The highest BCUT2D eigenvalue weighted by Crippen LogP contribution is 2.41. The zero-order chi connectivity index (χ0) is 17.0. The standard InChI is InChI=1S/C16H13FIN3O3/c1-21-15-14(16(23)20-21)12(7-2-3-8(17)9(18)4-7)13-10(19-15)5-24-6-11(13)22/h2-4,12,19H,5-6H2,1H3,(H,20,23). The molecule has 1 aromatic heterocycles. The Morgan fingerprint density at radius 3 is 2.88 bits per heavy atom. The fourth-order valence-corrected chi connectivity index (χ4v) is 3.84. The fourth-order valence-electron chi connectivity index (χ4n) is 3.30. The normalized spacial score (nSPS) is 19.8. The summed E-state index contributed by atoms with van der Waals surface area (Å²) in [6.45, 7) is 0.254. The molecule has 3 heterocycles. The van der Waals surface area contributed by atoms with Crippen molar-refractivity contribution in [2.45, 2.75) is 5.92 Å². The van der Waals surface area contributed by atoms with Gasteiger partial charge < -0.3 is 10.1 Å². The Balaban J connectivity index is 2.00. The number of aromatic nitrogens is 2. The summed E-state index contributed by atoms with van der Waals surface area (Å²) < 4.78 is 21.0. The average molecular weight is 441 g/mol. The maximum atomic E-state index is 13.7. The van der Waals surface area contributed by atoms with E-state index in [0.717, 1.165) is 0 Å². The van der Waals surface area contributed by atoms with Crippen LogP contribution in [0.1, 0.15) is 17.0 Å². The lowest BCUT2D eigenvalue weighted by Gasteiger charge is -2.31. The topological polar surface area (TPSA) is 76.1 Å². The van der Waals surface area contributed by atoms with E-state index in [0.29, 0.717) is 31.8 Å². The van der Waals surface area contributed by atoms with Gasteiger partial charge in [-0.2, -0.15) is 0 Å². The summed E-state index contributed by atoms with van der Waals surface area (Å²) in [4.78, 5) is 24.9. The molecule has 0 saturated heterocycles. The lowest BCUT2D eigenvalue weighted by molar-refractivity contribution is -0.121. The highest BCUT2D eigenvalue weighted by atomic mass is 127. The van der Waals surface area contributed by atoms with Gasteiger partial charge in [0.25, 0.3) is 5.56 Å². The number of aromatic amines is 1. The van der Waals surface area contributed by atoms with Crippen molar-refractivity contribution < 1.29 is 13.9 Å². The second kappa shape index (κ2) is 5.55. The number of fused-ring (bicyclic) bond motifs is 1. The number of ketones is 1. The van der Waals surface area contributed by atoms with Crippen LogP contribution in [0.2, 0.25) is 0 Å². The van der Waals surface area contributed by atoms with Crippen molar-refractivity contribution in [2.75, 3.05) is 18.5 Å². The van der Waals surface area contributed by atoms with Gasteiger partial charge in [0.2, 0.25) is 0 Å². The number of anilines is 1. The molecule has 124 valence electrons. The zero-order valence-electron chi connectivity index (χ0n) is 12.7. The third-order valence-electron chi connectivity index (χ3n) is 4.33. The van der Waals surface area contributed by atoms with Crippen LogP contribution >= 0.6 is 22.6 Å². The Bertz CT molecular complexity index is 960. The summed E-state index contributed by atoms with van der Waals surface area (Å²) in [7, 11) is 1.72. The molecule has 4 rings (SSSR count). The molecular weight excluding hydrogens is 428 g/mol. The number of hydrogen-bond donors (Lipinski definition) is 2. The number of hydrogen-bond acceptors (Lipinski definition) is 4. The molecule has 2 aliphatic rings. The van der Waals surface area contributed by atoms with Crippen molar-refractivity contribution in [1.29, 1.82) is 0 Å². The molecule has 0 aliphatic carbocycles. The molecule has 1 unspecified atom stereocenters. The van der Waals surface area contributed by atoms with Crippen molar-refractivity contribution in [3.05, 3.63) is 60.3 Å². The second-order valence-electron chi connectivity index (χ2n) is 5.80. The Hall–Kier alpha value is -1.94. The van der Waals surface area contributed by atoms with E-state index in [1.165, 1.54) is 6.07 Å². The summed E-state index contributed by atoms with van der Waals surface area (Å²) in [6.07, 6.45) is 0. The van der Waals surface area contributed by atoms with Gasteiger partial charge in [-0.25, -0.2) is 4.39 Å². The molecule has 8 heteroatoms. The van der Waals surface area contributed by atoms with Crippen molar-refractivity contribution >= 4 is 34.2 Å². The van der Waals surface area contributed by atoms with Gasteiger partial charge in [0.15, 0.2) is 5.78 Å². The molecule has 0 amide bonds. The van der Waals surface area contributed by atoms with E-state index in [-0.39, 0.29) is 30.4 Å². The van der Waals surface area contributed by atoms with Crippen LogP contribution in [0, 0.1) is 9.39 Å². The third kappa shape index (κ3) is 2.24. The molecule has 0 fully saturated rings. The molecule has 0 saturated carbocycles.